The van der Waals surface area contributed by atoms with Crippen LogP contribution in [-0.4, -0.2) is 70.9 Å². The lowest BCUT2D eigenvalue weighted by atomic mass is 9.68. The van der Waals surface area contributed by atoms with Crippen molar-refractivity contribution in [3.05, 3.63) is 0 Å². The van der Waals surface area contributed by atoms with E-state index in [4.69, 9.17) is 10.5 Å². The maximum Gasteiger partial charge on any atom is 0.410 e. The van der Waals surface area contributed by atoms with Crippen LogP contribution in [0, 0.1) is 17.8 Å². The lowest BCUT2D eigenvalue weighted by Crippen LogP contribution is -2.67. The van der Waals surface area contributed by atoms with Crippen molar-refractivity contribution in [1.82, 2.24) is 15.1 Å². The molecule has 33 heavy (non-hydrogen) atoms. The smallest absolute Gasteiger partial charge is 0.410 e. The van der Waals surface area contributed by atoms with Crippen LogP contribution in [0.5, 0.6) is 0 Å². The molecule has 2 saturated carbocycles. The summed E-state index contributed by atoms with van der Waals surface area (Å²) in [5.41, 5.74) is 5.12. The van der Waals surface area contributed by atoms with E-state index in [1.807, 2.05) is 30.6 Å². The van der Waals surface area contributed by atoms with Gasteiger partial charge in [-0.25, -0.2) is 4.79 Å². The maximum absolute atomic E-state index is 12.9. The zero-order valence-electron chi connectivity index (χ0n) is 20.4. The van der Waals surface area contributed by atoms with Gasteiger partial charge in [0.15, 0.2) is 0 Å². The Morgan fingerprint density at radius 3 is 2.21 bits per heavy atom. The average molecular weight is 465 g/mol. The zero-order chi connectivity index (χ0) is 24.3. The van der Waals surface area contributed by atoms with Crippen molar-refractivity contribution in [2.24, 2.45) is 23.5 Å². The highest BCUT2D eigenvalue weighted by Crippen LogP contribution is 2.43. The van der Waals surface area contributed by atoms with E-state index in [-0.39, 0.29) is 54.6 Å². The normalized spacial score (nSPS) is 32.2. The molecule has 1 heterocycles. The number of hydrogen-bond donors (Lipinski definition) is 2. The summed E-state index contributed by atoms with van der Waals surface area (Å²) >= 11 is 0. The molecule has 0 aromatic rings. The van der Waals surface area contributed by atoms with Gasteiger partial charge >= 0.3 is 6.09 Å². The molecule has 3 aliphatic rings. The van der Waals surface area contributed by atoms with Crippen LogP contribution in [0.2, 0.25) is 0 Å². The Labute approximate surface area is 196 Å². The van der Waals surface area contributed by atoms with Crippen molar-refractivity contribution in [3.8, 4) is 0 Å². The van der Waals surface area contributed by atoms with Crippen molar-refractivity contribution in [2.45, 2.75) is 96.9 Å². The first-order valence-corrected chi connectivity index (χ1v) is 12.4. The number of carbonyl (C=O) groups is 4. The summed E-state index contributed by atoms with van der Waals surface area (Å²) in [7, 11) is 0. The summed E-state index contributed by atoms with van der Waals surface area (Å²) in [5.74, 6) is 0.331. The van der Waals surface area contributed by atoms with E-state index in [9.17, 15) is 19.2 Å². The second-order valence-corrected chi connectivity index (χ2v) is 10.4. The molecule has 1 saturated heterocycles. The molecule has 4 amide bonds. The van der Waals surface area contributed by atoms with Crippen molar-refractivity contribution in [1.29, 1.82) is 0 Å². The van der Waals surface area contributed by atoms with Crippen molar-refractivity contribution >= 4 is 23.8 Å². The maximum atomic E-state index is 12.9. The molecular weight excluding hydrogens is 424 g/mol. The third-order valence-electron chi connectivity index (χ3n) is 7.70. The number of primary amides is 1. The average Bonchev–Trinajstić information content (AvgIpc) is 2.75. The third-order valence-corrected chi connectivity index (χ3v) is 7.70. The Balaban J connectivity index is 1.65. The van der Waals surface area contributed by atoms with Gasteiger partial charge < -0.3 is 25.6 Å². The summed E-state index contributed by atoms with van der Waals surface area (Å²) in [4.78, 5) is 52.4. The molecule has 2 aliphatic carbocycles. The van der Waals surface area contributed by atoms with E-state index in [0.717, 1.165) is 44.9 Å². The van der Waals surface area contributed by atoms with Gasteiger partial charge in [-0.05, 0) is 77.6 Å². The first-order valence-electron chi connectivity index (χ1n) is 12.4. The van der Waals surface area contributed by atoms with Gasteiger partial charge in [0.2, 0.25) is 17.7 Å². The second kappa shape index (κ2) is 10.7. The van der Waals surface area contributed by atoms with Crippen LogP contribution in [0.4, 0.5) is 4.79 Å². The molecular formula is C24H40N4O5. The predicted molar refractivity (Wildman–Crippen MR) is 123 cm³/mol. The fourth-order valence-corrected chi connectivity index (χ4v) is 6.28. The molecule has 3 rings (SSSR count). The number of piperazine rings is 1. The van der Waals surface area contributed by atoms with Crippen LogP contribution in [0.3, 0.4) is 0 Å². The minimum absolute atomic E-state index is 0.0260. The molecule has 1 aliphatic heterocycles. The number of rotatable bonds is 5. The van der Waals surface area contributed by atoms with Crippen molar-refractivity contribution in [2.75, 3.05) is 13.1 Å². The molecule has 0 aromatic carbocycles. The molecule has 0 radical (unpaired) electrons. The van der Waals surface area contributed by atoms with Gasteiger partial charge in [0.25, 0.3) is 0 Å². The second-order valence-electron chi connectivity index (χ2n) is 10.4. The van der Waals surface area contributed by atoms with E-state index in [0.29, 0.717) is 18.4 Å². The van der Waals surface area contributed by atoms with Gasteiger partial charge in [-0.3, -0.25) is 14.4 Å². The lowest BCUT2D eigenvalue weighted by molar-refractivity contribution is -0.142. The number of hydrogen-bond acceptors (Lipinski definition) is 5. The summed E-state index contributed by atoms with van der Waals surface area (Å²) in [6.45, 7) is 7.71. The molecule has 9 heteroatoms. The molecule has 9 nitrogen and oxygen atoms in total. The molecule has 4 atom stereocenters. The summed E-state index contributed by atoms with van der Waals surface area (Å²) in [5, 5.41) is 2.63. The number of amides is 4. The summed E-state index contributed by atoms with van der Waals surface area (Å²) in [6.07, 6.45) is 5.80. The van der Waals surface area contributed by atoms with E-state index in [1.54, 1.807) is 6.92 Å². The Bertz CT molecular complexity index is 749. The van der Waals surface area contributed by atoms with Crippen LogP contribution in [0.15, 0.2) is 0 Å². The third kappa shape index (κ3) is 5.98. The van der Waals surface area contributed by atoms with Gasteiger partial charge in [-0.15, -0.1) is 0 Å². The van der Waals surface area contributed by atoms with Crippen LogP contribution < -0.4 is 11.1 Å². The van der Waals surface area contributed by atoms with Gasteiger partial charge in [0.1, 0.15) is 0 Å². The van der Waals surface area contributed by atoms with Gasteiger partial charge in [-0.1, -0.05) is 0 Å². The quantitative estimate of drug-likeness (QED) is 0.645. The SMILES string of the molecule is CC(=O)N1C2CCC(C3CCC(C(=O)NCC(N)=O)CC3)CC2N(C(=O)OC(C)C)C[C@@H]1C. The number of nitrogens with one attached hydrogen (secondary N) is 1. The topological polar surface area (TPSA) is 122 Å². The van der Waals surface area contributed by atoms with Crippen molar-refractivity contribution in [3.63, 3.8) is 0 Å². The number of nitrogens with zero attached hydrogens (tertiary/aromatic N) is 2. The Morgan fingerprint density at radius 1 is 1.00 bits per heavy atom. The molecule has 3 unspecified atom stereocenters. The van der Waals surface area contributed by atoms with E-state index >= 15 is 0 Å². The van der Waals surface area contributed by atoms with Crippen LogP contribution in [0.25, 0.3) is 0 Å². The van der Waals surface area contributed by atoms with Gasteiger partial charge in [0.05, 0.1) is 24.7 Å². The van der Waals surface area contributed by atoms with E-state index in [2.05, 4.69) is 5.32 Å². The zero-order valence-corrected chi connectivity index (χ0v) is 20.4. The predicted octanol–water partition coefficient (Wildman–Crippen LogP) is 2.03. The summed E-state index contributed by atoms with van der Waals surface area (Å²) in [6, 6.07) is -0.0424. The van der Waals surface area contributed by atoms with Crippen LogP contribution in [0.1, 0.15) is 72.6 Å². The van der Waals surface area contributed by atoms with E-state index in [1.165, 1.54) is 0 Å². The van der Waals surface area contributed by atoms with Gasteiger partial charge in [-0.2, -0.15) is 0 Å². The first kappa shape index (κ1) is 25.3. The molecule has 0 spiro atoms. The highest BCUT2D eigenvalue weighted by Gasteiger charge is 2.48. The lowest BCUT2D eigenvalue weighted by Gasteiger charge is -2.54. The standard InChI is InChI=1S/C24H40N4O5/c1-14(2)33-24(32)27-13-15(3)28(16(4)29)20-10-9-19(11-21(20)27)17-5-7-18(8-6-17)23(31)26-12-22(25)30/h14-15,17-21H,5-13H2,1-4H3,(H2,25,30)(H,26,31)/t15-,17?,18?,19?,20?,21?/m0/s1. The minimum Gasteiger partial charge on any atom is -0.447 e. The van der Waals surface area contributed by atoms with Crippen LogP contribution in [-0.2, 0) is 19.1 Å². The first-order chi connectivity index (χ1) is 15.6. The summed E-state index contributed by atoms with van der Waals surface area (Å²) < 4.78 is 5.55. The molecule has 0 aromatic heterocycles. The molecule has 186 valence electrons. The largest absolute Gasteiger partial charge is 0.447 e. The highest BCUT2D eigenvalue weighted by molar-refractivity contribution is 5.85. The number of ether oxygens (including phenoxy) is 1. The Kier molecular flexibility index (Phi) is 8.23. The highest BCUT2D eigenvalue weighted by atomic mass is 16.6. The molecule has 0 bridgehead atoms. The Morgan fingerprint density at radius 2 is 1.64 bits per heavy atom. The van der Waals surface area contributed by atoms with E-state index < -0.39 is 5.91 Å². The monoisotopic (exact) mass is 464 g/mol. The fraction of sp³-hybridized carbons (Fsp3) is 0.833. The fourth-order valence-electron chi connectivity index (χ4n) is 6.28. The van der Waals surface area contributed by atoms with Crippen molar-refractivity contribution < 1.29 is 23.9 Å². The molecule has 3 fully saturated rings. The van der Waals surface area contributed by atoms with Crippen LogP contribution >= 0.6 is 0 Å². The Hall–Kier alpha value is -2.32. The minimum atomic E-state index is -0.532. The number of carbonyl (C=O) groups excluding carboxylic acids is 4. The van der Waals surface area contributed by atoms with Gasteiger partial charge in [0, 0.05) is 25.4 Å². The number of nitrogens with two attached hydrogens (primary N) is 1. The molecule has 3 N–H and O–H groups in total. The number of fused-ring (bicyclic) bond motifs is 1.